The van der Waals surface area contributed by atoms with Gasteiger partial charge in [-0.05, 0) is 78.1 Å². The van der Waals surface area contributed by atoms with Gasteiger partial charge in [-0.25, -0.2) is 9.37 Å². The van der Waals surface area contributed by atoms with Gasteiger partial charge in [0.25, 0.3) is 0 Å². The molecule has 6 heteroatoms. The van der Waals surface area contributed by atoms with Gasteiger partial charge in [-0.3, -0.25) is 4.79 Å². The van der Waals surface area contributed by atoms with Crippen LogP contribution >= 0.6 is 0 Å². The molecule has 0 radical (unpaired) electrons. The zero-order valence-corrected chi connectivity index (χ0v) is 20.0. The molecule has 36 heavy (non-hydrogen) atoms. The number of nitrogens with zero attached hydrogens (tertiary/aromatic N) is 3. The zero-order chi connectivity index (χ0) is 24.2. The highest BCUT2D eigenvalue weighted by Gasteiger charge is 2.36. The van der Waals surface area contributed by atoms with Crippen LogP contribution in [0.1, 0.15) is 19.3 Å². The molecule has 5 nitrogen and oxygen atoms in total. The number of halogens is 1. The second-order valence-corrected chi connectivity index (χ2v) is 10.2. The standard InChI is InChI=1S/C30H27FN4O/c31-25-8-10-27-28(16-25)35(18-19-12-14-34(17-19)30(36)22-5-6-22)29(33-27)21-3-1-20(2-4-21)23-7-9-26-24(15-23)11-13-32-26/h1-4,7-11,13,15-16,19,22,32H,5-6,12,14,17-18H2/t19-/m0/s1. The van der Waals surface area contributed by atoms with Crippen molar-refractivity contribution in [2.45, 2.75) is 25.8 Å². The number of carbonyl (C=O) groups is 1. The van der Waals surface area contributed by atoms with Crippen LogP contribution in [0.25, 0.3) is 44.5 Å². The monoisotopic (exact) mass is 478 g/mol. The van der Waals surface area contributed by atoms with Crippen LogP contribution < -0.4 is 0 Å². The minimum absolute atomic E-state index is 0.249. The van der Waals surface area contributed by atoms with E-state index in [0.29, 0.717) is 11.8 Å². The predicted molar refractivity (Wildman–Crippen MR) is 140 cm³/mol. The number of likely N-dealkylation sites (tertiary alicyclic amines) is 1. The molecule has 0 bridgehead atoms. The third kappa shape index (κ3) is 3.77. The molecule has 3 aromatic carbocycles. The summed E-state index contributed by atoms with van der Waals surface area (Å²) in [7, 11) is 0. The maximum absolute atomic E-state index is 14.2. The van der Waals surface area contributed by atoms with Crippen molar-refractivity contribution in [3.05, 3.63) is 78.7 Å². The third-order valence-corrected chi connectivity index (χ3v) is 7.70. The number of aromatic amines is 1. The van der Waals surface area contributed by atoms with Crippen LogP contribution in [0.4, 0.5) is 4.39 Å². The van der Waals surface area contributed by atoms with E-state index in [9.17, 15) is 9.18 Å². The number of benzene rings is 3. The van der Waals surface area contributed by atoms with Crippen molar-refractivity contribution in [2.24, 2.45) is 11.8 Å². The van der Waals surface area contributed by atoms with Crippen LogP contribution in [0.3, 0.4) is 0 Å². The number of amides is 1. The van der Waals surface area contributed by atoms with E-state index in [4.69, 9.17) is 4.98 Å². The number of H-pyrrole nitrogens is 1. The molecular formula is C30H27FN4O. The number of hydrogen-bond acceptors (Lipinski definition) is 2. The van der Waals surface area contributed by atoms with Crippen LogP contribution in [0, 0.1) is 17.7 Å². The second kappa shape index (κ2) is 8.33. The molecule has 1 saturated heterocycles. The van der Waals surface area contributed by atoms with Crippen LogP contribution in [0.15, 0.2) is 72.9 Å². The zero-order valence-electron chi connectivity index (χ0n) is 20.0. The summed E-state index contributed by atoms with van der Waals surface area (Å²) in [5.41, 5.74) is 6.02. The Hall–Kier alpha value is -3.93. The molecule has 5 aromatic rings. The second-order valence-electron chi connectivity index (χ2n) is 10.2. The molecule has 1 atom stereocenters. The van der Waals surface area contributed by atoms with E-state index in [2.05, 4.69) is 58.1 Å². The summed E-state index contributed by atoms with van der Waals surface area (Å²) in [6, 6.07) is 21.7. The van der Waals surface area contributed by atoms with Gasteiger partial charge in [0.05, 0.1) is 11.0 Å². The largest absolute Gasteiger partial charge is 0.361 e. The third-order valence-electron chi connectivity index (χ3n) is 7.70. The summed E-state index contributed by atoms with van der Waals surface area (Å²) < 4.78 is 16.4. The Kier molecular flexibility index (Phi) is 4.94. The Morgan fingerprint density at radius 1 is 0.944 bits per heavy atom. The van der Waals surface area contributed by atoms with E-state index in [1.54, 1.807) is 12.1 Å². The van der Waals surface area contributed by atoms with Crippen LogP contribution in [0.5, 0.6) is 0 Å². The van der Waals surface area contributed by atoms with E-state index < -0.39 is 0 Å². The van der Waals surface area contributed by atoms with E-state index >= 15 is 0 Å². The molecule has 1 amide bonds. The van der Waals surface area contributed by atoms with Crippen molar-refractivity contribution < 1.29 is 9.18 Å². The molecule has 1 N–H and O–H groups in total. The fraction of sp³-hybridized carbons (Fsp3) is 0.267. The lowest BCUT2D eigenvalue weighted by molar-refractivity contribution is -0.131. The lowest BCUT2D eigenvalue weighted by Gasteiger charge is -2.18. The van der Waals surface area contributed by atoms with Crippen molar-refractivity contribution in [3.8, 4) is 22.5 Å². The molecule has 0 spiro atoms. The number of fused-ring (bicyclic) bond motifs is 2. The number of hydrogen-bond donors (Lipinski definition) is 1. The molecule has 180 valence electrons. The van der Waals surface area contributed by atoms with Crippen LogP contribution in [0.2, 0.25) is 0 Å². The summed E-state index contributed by atoms with van der Waals surface area (Å²) in [5.74, 6) is 1.48. The highest BCUT2D eigenvalue weighted by Crippen LogP contribution is 2.34. The minimum atomic E-state index is -0.261. The predicted octanol–water partition coefficient (Wildman–Crippen LogP) is 6.25. The van der Waals surface area contributed by atoms with Gasteiger partial charge in [-0.2, -0.15) is 0 Å². The summed E-state index contributed by atoms with van der Waals surface area (Å²) >= 11 is 0. The smallest absolute Gasteiger partial charge is 0.225 e. The molecule has 2 aliphatic rings. The number of rotatable bonds is 5. The highest BCUT2D eigenvalue weighted by atomic mass is 19.1. The molecule has 1 aliphatic carbocycles. The van der Waals surface area contributed by atoms with Gasteiger partial charge in [0.15, 0.2) is 0 Å². The van der Waals surface area contributed by atoms with Crippen molar-refractivity contribution in [2.75, 3.05) is 13.1 Å². The first-order chi connectivity index (χ1) is 17.6. The fourth-order valence-electron chi connectivity index (χ4n) is 5.57. The molecule has 2 fully saturated rings. The Balaban J connectivity index is 1.21. The Bertz CT molecular complexity index is 1590. The Morgan fingerprint density at radius 3 is 2.58 bits per heavy atom. The minimum Gasteiger partial charge on any atom is -0.361 e. The number of imidazole rings is 1. The van der Waals surface area contributed by atoms with Gasteiger partial charge in [-0.1, -0.05) is 30.3 Å². The van der Waals surface area contributed by atoms with Gasteiger partial charge < -0.3 is 14.5 Å². The van der Waals surface area contributed by atoms with Gasteiger partial charge in [0, 0.05) is 42.8 Å². The molecule has 2 aromatic heterocycles. The Labute approximate surface area is 208 Å². The van der Waals surface area contributed by atoms with Gasteiger partial charge in [0.1, 0.15) is 11.6 Å². The highest BCUT2D eigenvalue weighted by molar-refractivity contribution is 5.86. The van der Waals surface area contributed by atoms with Gasteiger partial charge in [0.2, 0.25) is 5.91 Å². The Morgan fingerprint density at radius 2 is 1.75 bits per heavy atom. The van der Waals surface area contributed by atoms with Crippen LogP contribution in [-0.4, -0.2) is 38.4 Å². The normalized spacial score (nSPS) is 17.9. The summed E-state index contributed by atoms with van der Waals surface area (Å²) in [6.45, 7) is 2.30. The van der Waals surface area contributed by atoms with Crippen molar-refractivity contribution in [3.63, 3.8) is 0 Å². The SMILES string of the molecule is O=C(C1CC1)N1CC[C@H](Cn2c(-c3ccc(-c4ccc5[nH]ccc5c4)cc3)nc3ccc(F)cc32)C1. The summed E-state index contributed by atoms with van der Waals surface area (Å²) in [5, 5.41) is 1.19. The molecular weight excluding hydrogens is 451 g/mol. The number of carbonyl (C=O) groups excluding carboxylic acids is 1. The number of nitrogens with one attached hydrogen (secondary N) is 1. The van der Waals surface area contributed by atoms with Gasteiger partial charge >= 0.3 is 0 Å². The molecule has 1 saturated carbocycles. The summed E-state index contributed by atoms with van der Waals surface area (Å²) in [4.78, 5) is 22.7. The van der Waals surface area contributed by atoms with Gasteiger partial charge in [-0.15, -0.1) is 0 Å². The maximum atomic E-state index is 14.2. The molecule has 3 heterocycles. The van der Waals surface area contributed by atoms with E-state index in [0.717, 1.165) is 78.0 Å². The average molecular weight is 479 g/mol. The topological polar surface area (TPSA) is 53.9 Å². The van der Waals surface area contributed by atoms with Crippen molar-refractivity contribution >= 4 is 27.8 Å². The van der Waals surface area contributed by atoms with Crippen molar-refractivity contribution in [1.29, 1.82) is 0 Å². The average Bonchev–Trinajstić information content (AvgIpc) is 3.30. The quantitative estimate of drug-likeness (QED) is 0.325. The van der Waals surface area contributed by atoms with E-state index in [1.807, 2.05) is 11.1 Å². The van der Waals surface area contributed by atoms with Crippen LogP contribution in [-0.2, 0) is 11.3 Å². The lowest BCUT2D eigenvalue weighted by Crippen LogP contribution is -2.30. The molecule has 1 aliphatic heterocycles. The van der Waals surface area contributed by atoms with E-state index in [1.165, 1.54) is 11.5 Å². The lowest BCUT2D eigenvalue weighted by atomic mass is 10.0. The van der Waals surface area contributed by atoms with Crippen molar-refractivity contribution in [1.82, 2.24) is 19.4 Å². The first kappa shape index (κ1) is 21.4. The molecule has 7 rings (SSSR count). The summed E-state index contributed by atoms with van der Waals surface area (Å²) in [6.07, 6.45) is 4.99. The fourth-order valence-corrected chi connectivity index (χ4v) is 5.57. The maximum Gasteiger partial charge on any atom is 0.225 e. The first-order valence-electron chi connectivity index (χ1n) is 12.7. The van der Waals surface area contributed by atoms with E-state index in [-0.39, 0.29) is 11.7 Å². The first-order valence-corrected chi connectivity index (χ1v) is 12.7. The molecule has 0 unspecified atom stereocenters. The number of aromatic nitrogens is 3.